The van der Waals surface area contributed by atoms with Gasteiger partial charge in [-0.3, -0.25) is 0 Å². The number of rotatable bonds is 0. The van der Waals surface area contributed by atoms with Crippen molar-refractivity contribution in [3.63, 3.8) is 0 Å². The van der Waals surface area contributed by atoms with Gasteiger partial charge in [0.1, 0.15) is 13.2 Å². The minimum Gasteiger partial charge on any atom is -0.122 e. The summed E-state index contributed by atoms with van der Waals surface area (Å²) in [5, 5.41) is 0. The molecule has 2 atom stereocenters. The van der Waals surface area contributed by atoms with Crippen molar-refractivity contribution in [2.45, 2.75) is 66.6 Å². The van der Waals surface area contributed by atoms with Crippen LogP contribution >= 0.6 is 0 Å². The Morgan fingerprint density at radius 2 is 0.889 bits per heavy atom. The maximum Gasteiger partial charge on any atom is 0.161 e. The summed E-state index contributed by atoms with van der Waals surface area (Å²) in [6.07, 6.45) is 0. The molecule has 0 spiro atoms. The van der Waals surface area contributed by atoms with E-state index in [-0.39, 0.29) is 0 Å². The van der Waals surface area contributed by atoms with Crippen LogP contribution in [0.25, 0.3) is 0 Å². The summed E-state index contributed by atoms with van der Waals surface area (Å²) in [6.45, 7) is 22.4. The lowest BCUT2D eigenvalue weighted by molar-refractivity contribution is 1.17. The molecule has 94 valence electrons. The molecule has 0 nitrogen and oxygen atoms in total. The van der Waals surface area contributed by atoms with Crippen LogP contribution in [0.15, 0.2) is 21.9 Å². The summed E-state index contributed by atoms with van der Waals surface area (Å²) < 4.78 is 0. The molecule has 0 N–H and O–H groups in total. The van der Waals surface area contributed by atoms with Gasteiger partial charge < -0.3 is 0 Å². The largest absolute Gasteiger partial charge is 0.161 e. The van der Waals surface area contributed by atoms with Gasteiger partial charge in [0.05, 0.1) is 0 Å². The molecule has 18 heavy (non-hydrogen) atoms. The smallest absolute Gasteiger partial charge is 0.122 e. The molecular weight excluding hydrogens is 211 g/mol. The van der Waals surface area contributed by atoms with Crippen molar-refractivity contribution in [3.8, 4) is 0 Å². The second-order valence-corrected chi connectivity index (χ2v) is 7.08. The molecule has 0 saturated heterocycles. The van der Waals surface area contributed by atoms with Gasteiger partial charge >= 0.3 is 0 Å². The Morgan fingerprint density at radius 1 is 0.611 bits per heavy atom. The third-order valence-corrected chi connectivity index (χ3v) is 6.71. The van der Waals surface area contributed by atoms with Gasteiger partial charge in [0.25, 0.3) is 0 Å². The topological polar surface area (TPSA) is 0 Å². The van der Waals surface area contributed by atoms with Crippen LogP contribution in [0, 0.1) is 0 Å². The van der Waals surface area contributed by atoms with Crippen molar-refractivity contribution in [2.75, 3.05) is 0 Å². The molecule has 0 aromatic heterocycles. The molecule has 0 saturated carbocycles. The minimum absolute atomic E-state index is 0.745. The van der Waals surface area contributed by atoms with Gasteiger partial charge in [-0.1, -0.05) is 66.6 Å². The fraction of sp³-hybridized carbons (Fsp3) is 0.714. The Bertz CT molecular complexity index is 384. The number of hydrogen-bond acceptors (Lipinski definition) is 0. The predicted octanol–water partition coefficient (Wildman–Crippen LogP) is 4.02. The van der Waals surface area contributed by atoms with Crippen molar-refractivity contribution in [2.24, 2.45) is 0 Å². The first kappa shape index (κ1) is 14.2. The van der Waals surface area contributed by atoms with Crippen LogP contribution in [0.5, 0.6) is 0 Å². The maximum atomic E-state index is 2.47. The summed E-state index contributed by atoms with van der Waals surface area (Å²) in [5.41, 5.74) is 8.30. The van der Waals surface area contributed by atoms with Crippen LogP contribution in [0.4, 0.5) is 0 Å². The van der Waals surface area contributed by atoms with Gasteiger partial charge in [-0.2, -0.15) is 0 Å². The normalized spacial score (nSPS) is 29.3. The first-order valence-corrected chi connectivity index (χ1v) is 7.63. The minimum atomic E-state index is 0.745. The number of allylic oxidation sites excluding steroid dienone is 4. The van der Waals surface area contributed by atoms with Gasteiger partial charge in [-0.25, -0.2) is 0 Å². The first-order valence-electron chi connectivity index (χ1n) is 7.63. The second kappa shape index (κ2) is 4.69. The van der Waals surface area contributed by atoms with Crippen LogP contribution in [-0.4, -0.2) is 26.6 Å². The summed E-state index contributed by atoms with van der Waals surface area (Å²) >= 11 is 0. The van der Waals surface area contributed by atoms with Crippen molar-refractivity contribution < 1.29 is 0 Å². The van der Waals surface area contributed by atoms with Crippen molar-refractivity contribution in [1.29, 1.82) is 0 Å². The van der Waals surface area contributed by atoms with Crippen LogP contribution in [-0.2, 0) is 0 Å². The van der Waals surface area contributed by atoms with Crippen LogP contribution in [0.2, 0.25) is 25.1 Å². The highest BCUT2D eigenvalue weighted by Crippen LogP contribution is 2.43. The van der Waals surface area contributed by atoms with E-state index in [4.69, 9.17) is 0 Å². The Kier molecular flexibility index (Phi) is 3.69. The summed E-state index contributed by atoms with van der Waals surface area (Å²) in [6, 6.07) is 0. The zero-order valence-corrected chi connectivity index (χ0v) is 13.5. The van der Waals surface area contributed by atoms with Crippen LogP contribution in [0.1, 0.15) is 41.5 Å². The highest BCUT2D eigenvalue weighted by Gasteiger charge is 2.50. The highest BCUT2D eigenvalue weighted by atomic mass is 14.1. The quantitative estimate of drug-likeness (QED) is 0.558. The molecule has 4 heteroatoms. The Morgan fingerprint density at radius 3 is 1.17 bits per heavy atom. The Balaban J connectivity index is 2.58. The molecule has 0 bridgehead atoms. The van der Waals surface area contributed by atoms with E-state index in [0.29, 0.717) is 0 Å². The zero-order valence-electron chi connectivity index (χ0n) is 13.5. The SMILES string of the molecule is CB1C(C)=C(C)B2B(C(C)=C(C)B(C)C2C)C1C. The molecular formula is C14H26B4. The molecule has 0 aliphatic carbocycles. The van der Waals surface area contributed by atoms with Gasteiger partial charge in [0.15, 0.2) is 13.4 Å². The van der Waals surface area contributed by atoms with Crippen molar-refractivity contribution >= 4 is 26.6 Å². The van der Waals surface area contributed by atoms with Gasteiger partial charge in [0.2, 0.25) is 0 Å². The highest BCUT2D eigenvalue weighted by molar-refractivity contribution is 7.36. The van der Waals surface area contributed by atoms with E-state index >= 15 is 0 Å². The fourth-order valence-corrected chi connectivity index (χ4v) is 4.64. The lowest BCUT2D eigenvalue weighted by Gasteiger charge is -2.46. The van der Waals surface area contributed by atoms with Crippen LogP contribution in [0.3, 0.4) is 0 Å². The van der Waals surface area contributed by atoms with Crippen molar-refractivity contribution in [1.82, 2.24) is 0 Å². The zero-order chi connectivity index (χ0) is 13.8. The van der Waals surface area contributed by atoms with Crippen LogP contribution < -0.4 is 0 Å². The van der Waals surface area contributed by atoms with E-state index in [9.17, 15) is 0 Å². The molecule has 0 fully saturated rings. The molecule has 2 heterocycles. The summed E-state index contributed by atoms with van der Waals surface area (Å²) in [5.74, 6) is 0. The lowest BCUT2D eigenvalue weighted by Crippen LogP contribution is -2.57. The van der Waals surface area contributed by atoms with Gasteiger partial charge in [0, 0.05) is 0 Å². The number of hydrogen-bond donors (Lipinski definition) is 0. The molecule has 2 unspecified atom stereocenters. The molecule has 0 radical (unpaired) electrons. The Labute approximate surface area is 115 Å². The Hall–Kier alpha value is -0.260. The average molecular weight is 238 g/mol. The first-order chi connectivity index (χ1) is 8.29. The predicted molar refractivity (Wildman–Crippen MR) is 90.3 cm³/mol. The monoisotopic (exact) mass is 238 g/mol. The average Bonchev–Trinajstić information content (AvgIpc) is 2.35. The molecule has 2 aliphatic heterocycles. The van der Waals surface area contributed by atoms with E-state index < -0.39 is 0 Å². The van der Waals surface area contributed by atoms with E-state index in [1.807, 2.05) is 0 Å². The third kappa shape index (κ3) is 1.79. The standard InChI is InChI=1S/C14H26B4/c1-9-11(3)17-14(6)16(8)10(2)12(4)18(17)13(5)15(9)7/h13-14H,1-8H3. The molecule has 0 aromatic rings. The van der Waals surface area contributed by atoms with Gasteiger partial charge in [-0.15, -0.1) is 21.9 Å². The molecule has 0 aromatic carbocycles. The maximum absolute atomic E-state index is 2.47. The molecule has 2 rings (SSSR count). The van der Waals surface area contributed by atoms with E-state index in [1.54, 1.807) is 21.9 Å². The molecule has 2 aliphatic rings. The lowest BCUT2D eigenvalue weighted by atomic mass is 8.86. The van der Waals surface area contributed by atoms with Gasteiger partial charge in [-0.05, 0) is 0 Å². The summed E-state index contributed by atoms with van der Waals surface area (Å²) in [4.78, 5) is 0. The molecule has 0 amide bonds. The van der Waals surface area contributed by atoms with E-state index in [2.05, 4.69) is 55.2 Å². The van der Waals surface area contributed by atoms with Crippen molar-refractivity contribution in [3.05, 3.63) is 21.9 Å². The number of fused-ring (bicyclic) bond motifs is 1. The van der Waals surface area contributed by atoms with E-state index in [0.717, 1.165) is 38.1 Å². The summed E-state index contributed by atoms with van der Waals surface area (Å²) in [7, 11) is 0. The fourth-order valence-electron chi connectivity index (χ4n) is 4.64. The van der Waals surface area contributed by atoms with E-state index in [1.165, 1.54) is 0 Å². The third-order valence-electron chi connectivity index (χ3n) is 6.71. The second-order valence-electron chi connectivity index (χ2n) is 7.08.